The standard InChI is InChI=1S/C24H30N4O3/c29-24(14-19-3-1-7-25-15-19)28-8-2-4-21(17-28)27-11-9-26(10-12-27)16-20-5-6-22-23(13-20)31-18-30-22/h1,3,5-7,13,15,21H,2,4,8-12,14,16-18H2. The predicted octanol–water partition coefficient (Wildman–Crippen LogP) is 2.16. The van der Waals surface area contributed by atoms with Gasteiger partial charge in [0.25, 0.3) is 0 Å². The molecule has 31 heavy (non-hydrogen) atoms. The van der Waals surface area contributed by atoms with Crippen molar-refractivity contribution in [2.75, 3.05) is 46.1 Å². The summed E-state index contributed by atoms with van der Waals surface area (Å²) in [4.78, 5) is 24.1. The third-order valence-corrected chi connectivity index (χ3v) is 6.59. The molecule has 0 spiro atoms. The first-order chi connectivity index (χ1) is 15.2. The molecule has 164 valence electrons. The van der Waals surface area contributed by atoms with Gasteiger partial charge in [-0.15, -0.1) is 0 Å². The third kappa shape index (κ3) is 4.83. The van der Waals surface area contributed by atoms with Crippen LogP contribution in [-0.4, -0.2) is 77.7 Å². The number of rotatable bonds is 5. The number of pyridine rings is 1. The van der Waals surface area contributed by atoms with E-state index in [2.05, 4.69) is 31.8 Å². The van der Waals surface area contributed by atoms with Gasteiger partial charge in [0, 0.05) is 64.2 Å². The molecule has 4 heterocycles. The number of likely N-dealkylation sites (tertiary alicyclic amines) is 1. The van der Waals surface area contributed by atoms with Crippen LogP contribution in [-0.2, 0) is 17.8 Å². The quantitative estimate of drug-likeness (QED) is 0.736. The van der Waals surface area contributed by atoms with Gasteiger partial charge >= 0.3 is 0 Å². The number of nitrogens with zero attached hydrogens (tertiary/aromatic N) is 4. The van der Waals surface area contributed by atoms with Gasteiger partial charge in [-0.2, -0.15) is 0 Å². The molecule has 0 saturated carbocycles. The zero-order valence-electron chi connectivity index (χ0n) is 17.9. The molecule has 2 aromatic rings. The first kappa shape index (κ1) is 20.3. The molecule has 1 unspecified atom stereocenters. The lowest BCUT2D eigenvalue weighted by atomic mass is 10.0. The predicted molar refractivity (Wildman–Crippen MR) is 117 cm³/mol. The second-order valence-corrected chi connectivity index (χ2v) is 8.67. The highest BCUT2D eigenvalue weighted by molar-refractivity contribution is 5.78. The van der Waals surface area contributed by atoms with Crippen molar-refractivity contribution < 1.29 is 14.3 Å². The molecule has 3 aliphatic rings. The minimum Gasteiger partial charge on any atom is -0.454 e. The average molecular weight is 423 g/mol. The van der Waals surface area contributed by atoms with E-state index in [0.29, 0.717) is 19.3 Å². The maximum absolute atomic E-state index is 12.8. The van der Waals surface area contributed by atoms with E-state index in [0.717, 1.165) is 69.3 Å². The van der Waals surface area contributed by atoms with Crippen molar-refractivity contribution in [2.24, 2.45) is 0 Å². The number of carbonyl (C=O) groups excluding carboxylic acids is 1. The molecule has 0 radical (unpaired) electrons. The highest BCUT2D eigenvalue weighted by Crippen LogP contribution is 2.33. The normalized spacial score (nSPS) is 21.9. The van der Waals surface area contributed by atoms with Gasteiger partial charge in [0.2, 0.25) is 12.7 Å². The summed E-state index contributed by atoms with van der Waals surface area (Å²) < 4.78 is 10.9. The largest absolute Gasteiger partial charge is 0.454 e. The molecule has 1 aromatic heterocycles. The highest BCUT2D eigenvalue weighted by Gasteiger charge is 2.30. The molecule has 3 aliphatic heterocycles. The van der Waals surface area contributed by atoms with Crippen molar-refractivity contribution in [3.8, 4) is 11.5 Å². The van der Waals surface area contributed by atoms with Crippen molar-refractivity contribution in [2.45, 2.75) is 31.8 Å². The minimum atomic E-state index is 0.221. The Morgan fingerprint density at radius 1 is 1.03 bits per heavy atom. The Kier molecular flexibility index (Phi) is 6.04. The Hall–Kier alpha value is -2.64. The first-order valence-electron chi connectivity index (χ1n) is 11.3. The molecular weight excluding hydrogens is 392 g/mol. The van der Waals surface area contributed by atoms with Crippen molar-refractivity contribution in [3.63, 3.8) is 0 Å². The number of aromatic nitrogens is 1. The topological polar surface area (TPSA) is 58.1 Å². The van der Waals surface area contributed by atoms with Crippen molar-refractivity contribution in [1.29, 1.82) is 0 Å². The van der Waals surface area contributed by atoms with Crippen LogP contribution in [0.5, 0.6) is 11.5 Å². The summed E-state index contributed by atoms with van der Waals surface area (Å²) in [5.41, 5.74) is 2.26. The fourth-order valence-corrected chi connectivity index (χ4v) is 4.85. The van der Waals surface area contributed by atoms with Crippen molar-refractivity contribution >= 4 is 5.91 Å². The van der Waals surface area contributed by atoms with E-state index in [9.17, 15) is 4.79 Å². The maximum atomic E-state index is 12.8. The maximum Gasteiger partial charge on any atom is 0.231 e. The van der Waals surface area contributed by atoms with Gasteiger partial charge in [-0.05, 0) is 42.2 Å². The summed E-state index contributed by atoms with van der Waals surface area (Å²) in [6, 6.07) is 10.6. The van der Waals surface area contributed by atoms with Crippen LogP contribution in [0.15, 0.2) is 42.7 Å². The molecule has 7 heteroatoms. The van der Waals surface area contributed by atoms with E-state index in [4.69, 9.17) is 9.47 Å². The van der Waals surface area contributed by atoms with Gasteiger partial charge in [0.1, 0.15) is 0 Å². The van der Waals surface area contributed by atoms with Gasteiger partial charge in [-0.3, -0.25) is 19.6 Å². The number of ether oxygens (including phenoxy) is 2. The van der Waals surface area contributed by atoms with Crippen molar-refractivity contribution in [3.05, 3.63) is 53.9 Å². The lowest BCUT2D eigenvalue weighted by Crippen LogP contribution is -2.55. The number of piperazine rings is 1. The van der Waals surface area contributed by atoms with Crippen LogP contribution in [0.4, 0.5) is 0 Å². The summed E-state index contributed by atoms with van der Waals surface area (Å²) in [6.45, 7) is 7.19. The lowest BCUT2D eigenvalue weighted by Gasteiger charge is -2.43. The fourth-order valence-electron chi connectivity index (χ4n) is 4.85. The van der Waals surface area contributed by atoms with E-state index >= 15 is 0 Å². The number of carbonyl (C=O) groups is 1. The van der Waals surface area contributed by atoms with Crippen LogP contribution in [0.25, 0.3) is 0 Å². The lowest BCUT2D eigenvalue weighted by molar-refractivity contribution is -0.132. The molecule has 1 aromatic carbocycles. The van der Waals surface area contributed by atoms with Crippen LogP contribution in [0.1, 0.15) is 24.0 Å². The number of amides is 1. The van der Waals surface area contributed by atoms with Crippen LogP contribution in [0, 0.1) is 0 Å². The third-order valence-electron chi connectivity index (χ3n) is 6.59. The minimum absolute atomic E-state index is 0.221. The average Bonchev–Trinajstić information content (AvgIpc) is 3.28. The summed E-state index contributed by atoms with van der Waals surface area (Å²) in [5.74, 6) is 1.92. The van der Waals surface area contributed by atoms with Crippen LogP contribution in [0.3, 0.4) is 0 Å². The van der Waals surface area contributed by atoms with Gasteiger partial charge in [0.05, 0.1) is 6.42 Å². The Labute approximate surface area is 183 Å². The molecule has 2 fully saturated rings. The molecule has 2 saturated heterocycles. The van der Waals surface area contributed by atoms with Gasteiger partial charge in [-0.25, -0.2) is 0 Å². The molecule has 1 amide bonds. The highest BCUT2D eigenvalue weighted by atomic mass is 16.7. The van der Waals surface area contributed by atoms with Gasteiger partial charge in [-0.1, -0.05) is 12.1 Å². The van der Waals surface area contributed by atoms with E-state index < -0.39 is 0 Å². The summed E-state index contributed by atoms with van der Waals surface area (Å²) in [7, 11) is 0. The second kappa shape index (κ2) is 9.24. The molecule has 5 rings (SSSR count). The van der Waals surface area contributed by atoms with Crippen LogP contribution < -0.4 is 9.47 Å². The molecule has 1 atom stereocenters. The number of benzene rings is 1. The number of piperidine rings is 1. The van der Waals surface area contributed by atoms with Crippen LogP contribution in [0.2, 0.25) is 0 Å². The molecule has 0 N–H and O–H groups in total. The van der Waals surface area contributed by atoms with Crippen molar-refractivity contribution in [1.82, 2.24) is 19.7 Å². The summed E-state index contributed by atoms with van der Waals surface area (Å²) >= 11 is 0. The van der Waals surface area contributed by atoms with E-state index in [1.54, 1.807) is 12.4 Å². The summed E-state index contributed by atoms with van der Waals surface area (Å²) in [5, 5.41) is 0. The Morgan fingerprint density at radius 3 is 2.74 bits per heavy atom. The Morgan fingerprint density at radius 2 is 1.90 bits per heavy atom. The van der Waals surface area contributed by atoms with Gasteiger partial charge in [0.15, 0.2) is 11.5 Å². The number of fused-ring (bicyclic) bond motifs is 1. The Bertz CT molecular complexity index is 899. The van der Waals surface area contributed by atoms with E-state index in [1.165, 1.54) is 12.0 Å². The monoisotopic (exact) mass is 422 g/mol. The molecular formula is C24H30N4O3. The molecule has 7 nitrogen and oxygen atoms in total. The summed E-state index contributed by atoms with van der Waals surface area (Å²) in [6.07, 6.45) is 6.25. The number of hydrogen-bond donors (Lipinski definition) is 0. The van der Waals surface area contributed by atoms with Crippen LogP contribution >= 0.6 is 0 Å². The smallest absolute Gasteiger partial charge is 0.231 e. The SMILES string of the molecule is O=C(Cc1cccnc1)N1CCCC(N2CCN(Cc3ccc4c(c3)OCO4)CC2)C1. The number of hydrogen-bond acceptors (Lipinski definition) is 6. The Balaban J connectivity index is 1.11. The van der Waals surface area contributed by atoms with E-state index in [-0.39, 0.29) is 5.91 Å². The molecule has 0 aliphatic carbocycles. The fraction of sp³-hybridized carbons (Fsp3) is 0.500. The zero-order valence-corrected chi connectivity index (χ0v) is 17.9. The molecule has 0 bridgehead atoms. The van der Waals surface area contributed by atoms with E-state index in [1.807, 2.05) is 18.2 Å². The zero-order chi connectivity index (χ0) is 21.0. The van der Waals surface area contributed by atoms with Gasteiger partial charge < -0.3 is 14.4 Å². The first-order valence-corrected chi connectivity index (χ1v) is 11.3. The second-order valence-electron chi connectivity index (χ2n) is 8.67.